The van der Waals surface area contributed by atoms with Crippen LogP contribution in [0.4, 0.5) is 5.69 Å². The third-order valence-electron chi connectivity index (χ3n) is 6.12. The Morgan fingerprint density at radius 2 is 1.85 bits per heavy atom. The largest absolute Gasteiger partial charge is 0.398 e. The Morgan fingerprint density at radius 1 is 1.07 bits per heavy atom. The Kier molecular flexibility index (Phi) is 4.92. The molecule has 1 aliphatic carbocycles. The summed E-state index contributed by atoms with van der Waals surface area (Å²) in [6.45, 7) is 5.21. The van der Waals surface area contributed by atoms with Gasteiger partial charge in [-0.2, -0.15) is 0 Å². The Morgan fingerprint density at radius 3 is 2.59 bits per heavy atom. The summed E-state index contributed by atoms with van der Waals surface area (Å²) in [6.07, 6.45) is 8.68. The van der Waals surface area contributed by atoms with Crippen LogP contribution >= 0.6 is 0 Å². The fourth-order valence-corrected chi connectivity index (χ4v) is 4.27. The molecule has 4 rings (SSSR count). The van der Waals surface area contributed by atoms with Crippen molar-refractivity contribution in [3.05, 3.63) is 53.3 Å². The molecule has 1 aromatic carbocycles. The molecule has 27 heavy (non-hydrogen) atoms. The zero-order valence-electron chi connectivity index (χ0n) is 16.7. The second-order valence-corrected chi connectivity index (χ2v) is 8.10. The predicted octanol–water partition coefficient (Wildman–Crippen LogP) is 4.96. The molecule has 2 heterocycles. The number of hydrogen-bond acceptors (Lipinski definition) is 3. The van der Waals surface area contributed by atoms with Crippen molar-refractivity contribution in [2.45, 2.75) is 58.5 Å². The van der Waals surface area contributed by atoms with Crippen molar-refractivity contribution in [3.63, 3.8) is 0 Å². The normalized spacial score (nSPS) is 15.7. The Bertz CT molecular complexity index is 950. The van der Waals surface area contributed by atoms with Gasteiger partial charge in [0.1, 0.15) is 5.65 Å². The summed E-state index contributed by atoms with van der Waals surface area (Å²) >= 11 is 0. The van der Waals surface area contributed by atoms with Gasteiger partial charge in [-0.3, -0.25) is 4.90 Å². The van der Waals surface area contributed by atoms with Gasteiger partial charge in [0.15, 0.2) is 0 Å². The van der Waals surface area contributed by atoms with Crippen LogP contribution in [-0.4, -0.2) is 27.4 Å². The predicted molar refractivity (Wildman–Crippen MR) is 113 cm³/mol. The van der Waals surface area contributed by atoms with E-state index in [0.717, 1.165) is 23.6 Å². The van der Waals surface area contributed by atoms with E-state index in [2.05, 4.69) is 48.4 Å². The van der Waals surface area contributed by atoms with Gasteiger partial charge >= 0.3 is 0 Å². The molecule has 0 radical (unpaired) electrons. The average Bonchev–Trinajstić information content (AvgIpc) is 3.02. The first-order valence-electron chi connectivity index (χ1n) is 10.1. The average molecular weight is 363 g/mol. The standard InChI is InChI=1S/C23H30N4/c1-16-9-10-18(13-17(16)2)23-21(15-26(3)20-7-5-4-6-8-20)27-14-19(24)11-12-22(27)25-23/h9-14,20H,4-8,15,24H2,1-3H3. The summed E-state index contributed by atoms with van der Waals surface area (Å²) in [5.74, 6) is 0. The van der Waals surface area contributed by atoms with Crippen LogP contribution in [0.1, 0.15) is 48.9 Å². The van der Waals surface area contributed by atoms with Crippen LogP contribution in [0.25, 0.3) is 16.9 Å². The molecule has 0 atom stereocenters. The number of benzene rings is 1. The molecule has 4 heteroatoms. The van der Waals surface area contributed by atoms with Crippen molar-refractivity contribution < 1.29 is 0 Å². The number of imidazole rings is 1. The summed E-state index contributed by atoms with van der Waals surface area (Å²) in [5.41, 5.74) is 13.9. The molecule has 1 saturated carbocycles. The molecule has 2 N–H and O–H groups in total. The highest BCUT2D eigenvalue weighted by Crippen LogP contribution is 2.30. The van der Waals surface area contributed by atoms with Crippen LogP contribution < -0.4 is 5.73 Å². The van der Waals surface area contributed by atoms with E-state index in [-0.39, 0.29) is 0 Å². The highest BCUT2D eigenvalue weighted by atomic mass is 15.2. The van der Waals surface area contributed by atoms with Crippen LogP contribution in [0, 0.1) is 13.8 Å². The van der Waals surface area contributed by atoms with Gasteiger partial charge in [0.2, 0.25) is 0 Å². The first-order valence-corrected chi connectivity index (χ1v) is 10.1. The first kappa shape index (κ1) is 18.1. The number of pyridine rings is 1. The fraction of sp³-hybridized carbons (Fsp3) is 0.435. The summed E-state index contributed by atoms with van der Waals surface area (Å²) in [5, 5.41) is 0. The van der Waals surface area contributed by atoms with Crippen LogP contribution in [0.15, 0.2) is 36.5 Å². The van der Waals surface area contributed by atoms with Crippen molar-refractivity contribution in [1.82, 2.24) is 14.3 Å². The van der Waals surface area contributed by atoms with Gasteiger partial charge in [0, 0.05) is 30.0 Å². The maximum atomic E-state index is 6.10. The van der Waals surface area contributed by atoms with Crippen molar-refractivity contribution in [1.29, 1.82) is 0 Å². The van der Waals surface area contributed by atoms with Crippen LogP contribution in [0.5, 0.6) is 0 Å². The number of nitrogens with two attached hydrogens (primary N) is 1. The van der Waals surface area contributed by atoms with E-state index >= 15 is 0 Å². The number of rotatable bonds is 4. The molecule has 4 nitrogen and oxygen atoms in total. The lowest BCUT2D eigenvalue weighted by atomic mass is 9.94. The van der Waals surface area contributed by atoms with E-state index in [0.29, 0.717) is 6.04 Å². The van der Waals surface area contributed by atoms with Gasteiger partial charge in [-0.05, 0) is 63.1 Å². The van der Waals surface area contributed by atoms with Crippen molar-refractivity contribution in [2.24, 2.45) is 0 Å². The molecule has 2 aromatic heterocycles. The maximum absolute atomic E-state index is 6.10. The molecule has 0 saturated heterocycles. The van der Waals surface area contributed by atoms with Gasteiger partial charge in [-0.15, -0.1) is 0 Å². The number of aromatic nitrogens is 2. The van der Waals surface area contributed by atoms with Crippen molar-refractivity contribution in [2.75, 3.05) is 12.8 Å². The van der Waals surface area contributed by atoms with Gasteiger partial charge in [-0.1, -0.05) is 31.4 Å². The summed E-state index contributed by atoms with van der Waals surface area (Å²) in [4.78, 5) is 7.48. The second kappa shape index (κ2) is 7.35. The summed E-state index contributed by atoms with van der Waals surface area (Å²) in [6, 6.07) is 11.3. The van der Waals surface area contributed by atoms with E-state index in [1.165, 1.54) is 54.5 Å². The number of hydrogen-bond donors (Lipinski definition) is 1. The third kappa shape index (κ3) is 3.59. The van der Waals surface area contributed by atoms with Gasteiger partial charge in [0.25, 0.3) is 0 Å². The molecule has 0 spiro atoms. The van der Waals surface area contributed by atoms with Crippen molar-refractivity contribution in [3.8, 4) is 11.3 Å². The van der Waals surface area contributed by atoms with Gasteiger partial charge < -0.3 is 10.1 Å². The molecule has 0 unspecified atom stereocenters. The highest BCUT2D eigenvalue weighted by molar-refractivity contribution is 5.68. The number of aryl methyl sites for hydroxylation is 2. The monoisotopic (exact) mass is 362 g/mol. The smallest absolute Gasteiger partial charge is 0.137 e. The molecule has 1 aliphatic rings. The Balaban J connectivity index is 1.78. The van der Waals surface area contributed by atoms with Crippen LogP contribution in [0.2, 0.25) is 0 Å². The number of anilines is 1. The van der Waals surface area contributed by atoms with E-state index < -0.39 is 0 Å². The van der Waals surface area contributed by atoms with Gasteiger partial charge in [0.05, 0.1) is 11.4 Å². The molecule has 3 aromatic rings. The summed E-state index contributed by atoms with van der Waals surface area (Å²) < 4.78 is 2.18. The molecule has 0 bridgehead atoms. The highest BCUT2D eigenvalue weighted by Gasteiger charge is 2.22. The Hall–Kier alpha value is -2.33. The third-order valence-corrected chi connectivity index (χ3v) is 6.12. The van der Waals surface area contributed by atoms with Gasteiger partial charge in [-0.25, -0.2) is 4.98 Å². The van der Waals surface area contributed by atoms with Crippen molar-refractivity contribution >= 4 is 11.3 Å². The molecule has 0 amide bonds. The maximum Gasteiger partial charge on any atom is 0.137 e. The minimum atomic E-state index is 0.665. The quantitative estimate of drug-likeness (QED) is 0.713. The lowest BCUT2D eigenvalue weighted by Gasteiger charge is -2.31. The number of nitrogen functional groups attached to an aromatic ring is 1. The van der Waals surface area contributed by atoms with E-state index in [9.17, 15) is 0 Å². The molecule has 0 aliphatic heterocycles. The molecular weight excluding hydrogens is 332 g/mol. The molecule has 1 fully saturated rings. The number of nitrogens with zero attached hydrogens (tertiary/aromatic N) is 3. The molecular formula is C23H30N4. The Labute approximate surface area is 162 Å². The first-order chi connectivity index (χ1) is 13.0. The minimum absolute atomic E-state index is 0.665. The lowest BCUT2D eigenvalue weighted by Crippen LogP contribution is -2.33. The second-order valence-electron chi connectivity index (χ2n) is 8.10. The van der Waals surface area contributed by atoms with Crippen LogP contribution in [-0.2, 0) is 6.54 Å². The number of fused-ring (bicyclic) bond motifs is 1. The van der Waals surface area contributed by atoms with E-state index in [4.69, 9.17) is 10.7 Å². The minimum Gasteiger partial charge on any atom is -0.398 e. The van der Waals surface area contributed by atoms with Crippen LogP contribution in [0.3, 0.4) is 0 Å². The molecule has 142 valence electrons. The summed E-state index contributed by atoms with van der Waals surface area (Å²) in [7, 11) is 2.26. The van der Waals surface area contributed by atoms with E-state index in [1.807, 2.05) is 18.3 Å². The fourth-order valence-electron chi connectivity index (χ4n) is 4.27. The lowest BCUT2D eigenvalue weighted by molar-refractivity contribution is 0.182. The SMILES string of the molecule is Cc1ccc(-c2nc3ccc(N)cn3c2CN(C)C2CCCCC2)cc1C. The van der Waals surface area contributed by atoms with E-state index in [1.54, 1.807) is 0 Å². The zero-order chi connectivity index (χ0) is 19.0. The topological polar surface area (TPSA) is 46.6 Å². The zero-order valence-corrected chi connectivity index (χ0v) is 16.7.